The molecule has 0 saturated heterocycles. The second-order valence-corrected chi connectivity index (χ2v) is 2.57. The molecule has 0 aliphatic carbocycles. The summed E-state index contributed by atoms with van der Waals surface area (Å²) < 4.78 is 0. The highest BCUT2D eigenvalue weighted by Gasteiger charge is 1.58. The average molecular weight is 122 g/mol. The maximum atomic E-state index is 7.62. The molecule has 0 heterocycles. The maximum absolute atomic E-state index is 7.62. The van der Waals surface area contributed by atoms with E-state index in [2.05, 4.69) is 13.1 Å². The molecule has 0 aromatic heterocycles. The number of aliphatic hydroxyl groups excluding tert-OH is 2. The van der Waals surface area contributed by atoms with Crippen LogP contribution in [0, 0.1) is 0 Å². The van der Waals surface area contributed by atoms with E-state index < -0.39 is 0 Å². The molecule has 0 unspecified atom stereocenters. The Morgan fingerprint density at radius 3 is 1.29 bits per heavy atom. The summed E-state index contributed by atoms with van der Waals surface area (Å²) in [7, 11) is 0.417. The minimum absolute atomic E-state index is 0.125. The van der Waals surface area contributed by atoms with Gasteiger partial charge in [0.2, 0.25) is 0 Å². The lowest BCUT2D eigenvalue weighted by atomic mass is 10.8. The van der Waals surface area contributed by atoms with Gasteiger partial charge in [-0.15, -0.1) is 0 Å². The van der Waals surface area contributed by atoms with Gasteiger partial charge in [-0.25, -0.2) is 0 Å². The molecule has 0 rings (SSSR count). The summed E-state index contributed by atoms with van der Waals surface area (Å²) in [5.41, 5.74) is 0. The molecule has 0 fully saturated rings. The van der Waals surface area contributed by atoms with Crippen LogP contribution in [0.1, 0.15) is 0 Å². The van der Waals surface area contributed by atoms with E-state index in [0.29, 0.717) is 9.52 Å². The first kappa shape index (κ1) is 10.2. The molecule has 46 valence electrons. The zero-order chi connectivity index (χ0) is 6.12. The van der Waals surface area contributed by atoms with Crippen LogP contribution in [0.4, 0.5) is 0 Å². The fourth-order valence-electron chi connectivity index (χ4n) is 0. The van der Waals surface area contributed by atoms with Gasteiger partial charge in [0.05, 0.1) is 13.2 Å². The SMILES string of the molecule is C[SiH2]C.OCCO. The summed E-state index contributed by atoms with van der Waals surface area (Å²) >= 11 is 0. The van der Waals surface area contributed by atoms with Gasteiger partial charge in [-0.05, 0) is 0 Å². The van der Waals surface area contributed by atoms with Crippen molar-refractivity contribution >= 4 is 9.52 Å². The fraction of sp³-hybridized carbons (Fsp3) is 1.00. The van der Waals surface area contributed by atoms with Crippen molar-refractivity contribution in [3.05, 3.63) is 0 Å². The van der Waals surface area contributed by atoms with Crippen molar-refractivity contribution in [1.29, 1.82) is 0 Å². The molecule has 7 heavy (non-hydrogen) atoms. The Kier molecular flexibility index (Phi) is 23.9. The predicted molar refractivity (Wildman–Crippen MR) is 34.4 cm³/mol. The minimum Gasteiger partial charge on any atom is -0.394 e. The lowest BCUT2D eigenvalue weighted by Crippen LogP contribution is -1.85. The van der Waals surface area contributed by atoms with Crippen molar-refractivity contribution < 1.29 is 10.2 Å². The van der Waals surface area contributed by atoms with E-state index in [1.54, 1.807) is 0 Å². The first-order valence-corrected chi connectivity index (χ1v) is 5.38. The molecule has 0 spiro atoms. The summed E-state index contributed by atoms with van der Waals surface area (Å²) in [6.45, 7) is 4.28. The van der Waals surface area contributed by atoms with Crippen molar-refractivity contribution in [2.75, 3.05) is 13.2 Å². The lowest BCUT2D eigenvalue weighted by molar-refractivity contribution is 0.186. The van der Waals surface area contributed by atoms with Gasteiger partial charge in [0.15, 0.2) is 0 Å². The molecule has 0 bridgehead atoms. The molecule has 0 atom stereocenters. The third-order valence-electron chi connectivity index (χ3n) is 0.1000. The summed E-state index contributed by atoms with van der Waals surface area (Å²) in [4.78, 5) is 0. The van der Waals surface area contributed by atoms with Crippen LogP contribution < -0.4 is 0 Å². The standard InChI is InChI=1S/C2H6O2.C2H8Si/c3-1-2-4;1-3-2/h3-4H,1-2H2;3H2,1-2H3. The van der Waals surface area contributed by atoms with Crippen molar-refractivity contribution in [2.45, 2.75) is 13.1 Å². The highest BCUT2D eigenvalue weighted by atomic mass is 28.2. The number of rotatable bonds is 1. The predicted octanol–water partition coefficient (Wildman–Crippen LogP) is -0.778. The number of hydrogen-bond donors (Lipinski definition) is 2. The van der Waals surface area contributed by atoms with E-state index in [4.69, 9.17) is 10.2 Å². The molecule has 0 aromatic rings. The van der Waals surface area contributed by atoms with Crippen LogP contribution in [0.15, 0.2) is 0 Å². The van der Waals surface area contributed by atoms with Crippen molar-refractivity contribution in [3.8, 4) is 0 Å². The van der Waals surface area contributed by atoms with E-state index in [1.165, 1.54) is 0 Å². The summed E-state index contributed by atoms with van der Waals surface area (Å²) in [5.74, 6) is 0. The number of aliphatic hydroxyl groups is 2. The van der Waals surface area contributed by atoms with Crippen LogP contribution in [0.5, 0.6) is 0 Å². The summed E-state index contributed by atoms with van der Waals surface area (Å²) in [5, 5.41) is 15.2. The highest BCUT2D eigenvalue weighted by Crippen LogP contribution is 1.39. The Balaban J connectivity index is 0. The van der Waals surface area contributed by atoms with Gasteiger partial charge >= 0.3 is 0 Å². The van der Waals surface area contributed by atoms with Crippen LogP contribution in [-0.2, 0) is 0 Å². The van der Waals surface area contributed by atoms with Crippen molar-refractivity contribution in [2.24, 2.45) is 0 Å². The van der Waals surface area contributed by atoms with Crippen LogP contribution in [0.3, 0.4) is 0 Å². The molecule has 0 amide bonds. The molecule has 0 saturated carbocycles. The molecule has 0 aliphatic heterocycles. The Morgan fingerprint density at radius 1 is 1.14 bits per heavy atom. The fourth-order valence-corrected chi connectivity index (χ4v) is 0. The molecular formula is C4H14O2Si. The van der Waals surface area contributed by atoms with Gasteiger partial charge in [-0.1, -0.05) is 13.1 Å². The number of hydrogen-bond acceptors (Lipinski definition) is 2. The summed E-state index contributed by atoms with van der Waals surface area (Å²) in [6, 6.07) is 0. The molecule has 2 nitrogen and oxygen atoms in total. The van der Waals surface area contributed by atoms with E-state index in [-0.39, 0.29) is 13.2 Å². The van der Waals surface area contributed by atoms with Crippen LogP contribution in [0.2, 0.25) is 13.1 Å². The largest absolute Gasteiger partial charge is 0.394 e. The average Bonchev–Trinajstić information content (AvgIpc) is 1.69. The van der Waals surface area contributed by atoms with Gasteiger partial charge in [-0.2, -0.15) is 0 Å². The highest BCUT2D eigenvalue weighted by molar-refractivity contribution is 6.31. The first-order chi connectivity index (χ1) is 3.33. The topological polar surface area (TPSA) is 40.5 Å². The smallest absolute Gasteiger partial charge is 0.0662 e. The zero-order valence-electron chi connectivity index (χ0n) is 5.02. The van der Waals surface area contributed by atoms with Crippen molar-refractivity contribution in [3.63, 3.8) is 0 Å². The monoisotopic (exact) mass is 122 g/mol. The van der Waals surface area contributed by atoms with E-state index in [1.807, 2.05) is 0 Å². The second kappa shape index (κ2) is 16.5. The van der Waals surface area contributed by atoms with E-state index in [0.717, 1.165) is 0 Å². The third-order valence-corrected chi connectivity index (χ3v) is 0.1000. The first-order valence-electron chi connectivity index (χ1n) is 2.55. The molecular weight excluding hydrogens is 108 g/mol. The maximum Gasteiger partial charge on any atom is 0.0662 e. The second-order valence-electron chi connectivity index (χ2n) is 1.15. The molecule has 0 aliphatic rings. The minimum atomic E-state index is -0.125. The Labute approximate surface area is 47.0 Å². The lowest BCUT2D eigenvalue weighted by Gasteiger charge is -1.70. The normalized spacial score (nSPS) is 6.86. The van der Waals surface area contributed by atoms with Crippen LogP contribution >= 0.6 is 0 Å². The Bertz CT molecular complexity index is 17.2. The summed E-state index contributed by atoms with van der Waals surface area (Å²) in [6.07, 6.45) is 0. The van der Waals surface area contributed by atoms with Crippen LogP contribution in [-0.4, -0.2) is 32.9 Å². The van der Waals surface area contributed by atoms with E-state index >= 15 is 0 Å². The Morgan fingerprint density at radius 2 is 1.29 bits per heavy atom. The van der Waals surface area contributed by atoms with Gasteiger partial charge in [-0.3, -0.25) is 0 Å². The van der Waals surface area contributed by atoms with Gasteiger partial charge in [0.1, 0.15) is 0 Å². The van der Waals surface area contributed by atoms with Gasteiger partial charge in [0, 0.05) is 9.52 Å². The van der Waals surface area contributed by atoms with Crippen LogP contribution in [0.25, 0.3) is 0 Å². The van der Waals surface area contributed by atoms with Crippen molar-refractivity contribution in [1.82, 2.24) is 0 Å². The van der Waals surface area contributed by atoms with Gasteiger partial charge < -0.3 is 10.2 Å². The third kappa shape index (κ3) is 81.3. The zero-order valence-corrected chi connectivity index (χ0v) is 6.43. The molecule has 2 N–H and O–H groups in total. The van der Waals surface area contributed by atoms with E-state index in [9.17, 15) is 0 Å². The molecule has 0 radical (unpaired) electrons. The quantitative estimate of drug-likeness (QED) is 0.448. The Hall–Kier alpha value is 0.137. The molecule has 3 heteroatoms. The van der Waals surface area contributed by atoms with Gasteiger partial charge in [0.25, 0.3) is 0 Å². The molecule has 0 aromatic carbocycles.